The number of oxazole rings is 1. The van der Waals surface area contributed by atoms with Gasteiger partial charge in [0, 0.05) is 22.7 Å². The molecule has 6 nitrogen and oxygen atoms in total. The number of benzene rings is 2. The lowest BCUT2D eigenvalue weighted by molar-refractivity contribution is -0.143. The van der Waals surface area contributed by atoms with E-state index in [4.69, 9.17) is 9.15 Å². The van der Waals surface area contributed by atoms with Crippen molar-refractivity contribution < 1.29 is 18.7 Å². The van der Waals surface area contributed by atoms with E-state index in [-0.39, 0.29) is 11.5 Å². The van der Waals surface area contributed by atoms with Crippen molar-refractivity contribution in [2.75, 3.05) is 5.75 Å². The lowest BCUT2D eigenvalue weighted by Crippen LogP contribution is -2.25. The van der Waals surface area contributed by atoms with E-state index in [1.807, 2.05) is 48.5 Å². The zero-order valence-electron chi connectivity index (χ0n) is 14.5. The average molecular weight is 380 g/mol. The van der Waals surface area contributed by atoms with Gasteiger partial charge < -0.3 is 14.1 Å². The summed E-state index contributed by atoms with van der Waals surface area (Å²) in [5.74, 6) is -0.728. The van der Waals surface area contributed by atoms with E-state index in [0.717, 1.165) is 28.2 Å². The van der Waals surface area contributed by atoms with Gasteiger partial charge in [0.25, 0.3) is 5.22 Å². The van der Waals surface area contributed by atoms with E-state index < -0.39 is 12.1 Å². The van der Waals surface area contributed by atoms with Crippen LogP contribution >= 0.6 is 11.8 Å². The summed E-state index contributed by atoms with van der Waals surface area (Å²) in [6.45, 7) is 1.58. The van der Waals surface area contributed by atoms with Crippen LogP contribution in [0.15, 0.2) is 64.4 Å². The van der Waals surface area contributed by atoms with Gasteiger partial charge in [0.2, 0.25) is 5.78 Å². The van der Waals surface area contributed by atoms with E-state index in [2.05, 4.69) is 9.97 Å². The van der Waals surface area contributed by atoms with Crippen LogP contribution in [0.1, 0.15) is 17.3 Å². The predicted octanol–water partition coefficient (Wildman–Crippen LogP) is 4.22. The highest BCUT2D eigenvalue weighted by molar-refractivity contribution is 7.99. The summed E-state index contributed by atoms with van der Waals surface area (Å²) in [7, 11) is 0. The number of nitrogens with zero attached hydrogens (tertiary/aromatic N) is 1. The second kappa shape index (κ2) is 7.28. The number of Topliss-reactive ketones (excluding diaryl/α,β-unsaturated/α-hetero) is 1. The monoisotopic (exact) mass is 380 g/mol. The van der Waals surface area contributed by atoms with Gasteiger partial charge in [-0.05, 0) is 25.1 Å². The molecule has 0 aliphatic rings. The molecule has 2 aromatic carbocycles. The number of fused-ring (bicyclic) bond motifs is 2. The van der Waals surface area contributed by atoms with Gasteiger partial charge >= 0.3 is 5.97 Å². The zero-order valence-corrected chi connectivity index (χ0v) is 15.3. The fraction of sp³-hybridized carbons (Fsp3) is 0.150. The highest BCUT2D eigenvalue weighted by Gasteiger charge is 2.22. The maximum atomic E-state index is 12.6. The molecule has 2 aromatic heterocycles. The number of hydrogen-bond acceptors (Lipinski definition) is 6. The smallest absolute Gasteiger partial charge is 0.317 e. The summed E-state index contributed by atoms with van der Waals surface area (Å²) >= 11 is 1.14. The number of rotatable bonds is 6. The fourth-order valence-corrected chi connectivity index (χ4v) is 3.43. The van der Waals surface area contributed by atoms with E-state index in [0.29, 0.717) is 16.4 Å². The molecule has 0 radical (unpaired) electrons. The lowest BCUT2D eigenvalue weighted by atomic mass is 10.1. The summed E-state index contributed by atoms with van der Waals surface area (Å²) < 4.78 is 10.8. The van der Waals surface area contributed by atoms with E-state index in [1.165, 1.54) is 0 Å². The number of aromatic nitrogens is 2. The predicted molar refractivity (Wildman–Crippen MR) is 103 cm³/mol. The molecule has 2 heterocycles. The first kappa shape index (κ1) is 17.4. The maximum absolute atomic E-state index is 12.6. The molecule has 136 valence electrons. The molecule has 1 N–H and O–H groups in total. The molecular formula is C20H16N2O4S. The Balaban J connectivity index is 1.37. The molecular weight excluding hydrogens is 364 g/mol. The first-order chi connectivity index (χ1) is 13.1. The molecule has 0 amide bonds. The summed E-state index contributed by atoms with van der Waals surface area (Å²) in [6, 6.07) is 14.9. The van der Waals surface area contributed by atoms with E-state index in [9.17, 15) is 9.59 Å². The Morgan fingerprint density at radius 3 is 2.81 bits per heavy atom. The third-order valence-electron chi connectivity index (χ3n) is 4.12. The van der Waals surface area contributed by atoms with Crippen LogP contribution in [0.5, 0.6) is 0 Å². The standard InChI is InChI=1S/C20H16N2O4S/c1-12(19(24)14-10-21-15-7-3-2-6-13(14)15)25-18(23)11-27-20-22-16-8-4-5-9-17(16)26-20/h2-10,12,21H,11H2,1H3/t12-/m1/s1. The molecule has 0 fully saturated rings. The quantitative estimate of drug-likeness (QED) is 0.306. The Labute approximate surface area is 158 Å². The topological polar surface area (TPSA) is 85.2 Å². The molecule has 0 bridgehead atoms. The van der Waals surface area contributed by atoms with E-state index >= 15 is 0 Å². The van der Waals surface area contributed by atoms with Crippen molar-refractivity contribution in [2.45, 2.75) is 18.3 Å². The minimum Gasteiger partial charge on any atom is -0.454 e. The molecule has 7 heteroatoms. The molecule has 0 aliphatic carbocycles. The van der Waals surface area contributed by atoms with Crippen molar-refractivity contribution in [3.8, 4) is 0 Å². The molecule has 1 atom stereocenters. The number of esters is 1. The van der Waals surface area contributed by atoms with Crippen LogP contribution < -0.4 is 0 Å². The molecule has 0 saturated carbocycles. The van der Waals surface area contributed by atoms with Crippen LogP contribution in [0.3, 0.4) is 0 Å². The minimum absolute atomic E-state index is 0.0122. The summed E-state index contributed by atoms with van der Waals surface area (Å²) in [5.41, 5.74) is 2.77. The average Bonchev–Trinajstić information content (AvgIpc) is 3.29. The summed E-state index contributed by atoms with van der Waals surface area (Å²) in [4.78, 5) is 32.1. The Morgan fingerprint density at radius 2 is 1.96 bits per heavy atom. The Kier molecular flexibility index (Phi) is 4.68. The number of H-pyrrole nitrogens is 1. The number of thioether (sulfide) groups is 1. The van der Waals surface area contributed by atoms with Crippen LogP contribution in [-0.2, 0) is 9.53 Å². The van der Waals surface area contributed by atoms with Crippen molar-refractivity contribution in [2.24, 2.45) is 0 Å². The van der Waals surface area contributed by atoms with Gasteiger partial charge in [-0.15, -0.1) is 0 Å². The number of aromatic amines is 1. The largest absolute Gasteiger partial charge is 0.454 e. The van der Waals surface area contributed by atoms with Gasteiger partial charge in [-0.1, -0.05) is 42.1 Å². The molecule has 0 spiro atoms. The van der Waals surface area contributed by atoms with Crippen molar-refractivity contribution in [1.29, 1.82) is 0 Å². The van der Waals surface area contributed by atoms with Crippen molar-refractivity contribution in [3.63, 3.8) is 0 Å². The van der Waals surface area contributed by atoms with Crippen molar-refractivity contribution >= 4 is 45.5 Å². The van der Waals surface area contributed by atoms with E-state index in [1.54, 1.807) is 13.1 Å². The highest BCUT2D eigenvalue weighted by Crippen LogP contribution is 2.24. The van der Waals surface area contributed by atoms with Crippen LogP contribution in [-0.4, -0.2) is 33.6 Å². The van der Waals surface area contributed by atoms with Gasteiger partial charge in [0.05, 0.1) is 0 Å². The van der Waals surface area contributed by atoms with Gasteiger partial charge in [0.15, 0.2) is 11.7 Å². The van der Waals surface area contributed by atoms with Gasteiger partial charge in [-0.3, -0.25) is 9.59 Å². The van der Waals surface area contributed by atoms with Gasteiger partial charge in [-0.2, -0.15) is 0 Å². The molecule has 27 heavy (non-hydrogen) atoms. The molecule has 4 rings (SSSR count). The number of carbonyl (C=O) groups excluding carboxylic acids is 2. The number of ketones is 1. The summed E-state index contributed by atoms with van der Waals surface area (Å²) in [6.07, 6.45) is 0.769. The Hall–Kier alpha value is -3.06. The molecule has 0 saturated heterocycles. The number of nitrogens with one attached hydrogen (secondary N) is 1. The summed E-state index contributed by atoms with van der Waals surface area (Å²) in [5, 5.41) is 1.20. The maximum Gasteiger partial charge on any atom is 0.317 e. The van der Waals surface area contributed by atoms with Gasteiger partial charge in [0.1, 0.15) is 11.3 Å². The van der Waals surface area contributed by atoms with Gasteiger partial charge in [-0.25, -0.2) is 4.98 Å². The molecule has 0 aliphatic heterocycles. The first-order valence-corrected chi connectivity index (χ1v) is 9.38. The zero-order chi connectivity index (χ0) is 18.8. The number of hydrogen-bond donors (Lipinski definition) is 1. The third-order valence-corrected chi connectivity index (χ3v) is 4.92. The second-order valence-electron chi connectivity index (χ2n) is 5.98. The minimum atomic E-state index is -0.874. The normalized spacial score (nSPS) is 12.3. The Morgan fingerprint density at radius 1 is 1.19 bits per heavy atom. The number of ether oxygens (including phenoxy) is 1. The van der Waals surface area contributed by atoms with Crippen LogP contribution in [0.2, 0.25) is 0 Å². The van der Waals surface area contributed by atoms with Crippen molar-refractivity contribution in [1.82, 2.24) is 9.97 Å². The number of carbonyl (C=O) groups is 2. The van der Waals surface area contributed by atoms with Crippen LogP contribution in [0, 0.1) is 0 Å². The van der Waals surface area contributed by atoms with Crippen LogP contribution in [0.4, 0.5) is 0 Å². The fourth-order valence-electron chi connectivity index (χ4n) is 2.81. The first-order valence-electron chi connectivity index (χ1n) is 8.40. The van der Waals surface area contributed by atoms with Crippen molar-refractivity contribution in [3.05, 3.63) is 60.3 Å². The Bertz CT molecular complexity index is 1100. The SMILES string of the molecule is C[C@@H](OC(=O)CSc1nc2ccccc2o1)C(=O)c1c[nH]c2ccccc12. The second-order valence-corrected chi connectivity index (χ2v) is 6.91. The third kappa shape index (κ3) is 3.59. The molecule has 4 aromatic rings. The highest BCUT2D eigenvalue weighted by atomic mass is 32.2. The number of para-hydroxylation sites is 3. The molecule has 0 unspecified atom stereocenters. The van der Waals surface area contributed by atoms with Crippen LogP contribution in [0.25, 0.3) is 22.0 Å². The lowest BCUT2D eigenvalue weighted by Gasteiger charge is -2.11.